The van der Waals surface area contributed by atoms with Crippen molar-refractivity contribution in [3.63, 3.8) is 0 Å². The fourth-order valence-electron chi connectivity index (χ4n) is 0. The zero-order chi connectivity index (χ0) is 6.28. The van der Waals surface area contributed by atoms with Crippen LogP contribution in [0.15, 0.2) is 11.6 Å². The Balaban J connectivity index is 0. The Kier molecular flexibility index (Phi) is 12.4. The van der Waals surface area contributed by atoms with Gasteiger partial charge in [0.15, 0.2) is 0 Å². The van der Waals surface area contributed by atoms with Crippen LogP contribution in [0.25, 0.3) is 0 Å². The van der Waals surface area contributed by atoms with Crippen molar-refractivity contribution in [1.29, 1.82) is 5.59 Å². The number of hydrogen-bond donors (Lipinski definition) is 1. The molecule has 0 atom stereocenters. The van der Waals surface area contributed by atoms with Crippen molar-refractivity contribution in [3.8, 4) is 0 Å². The van der Waals surface area contributed by atoms with Crippen LogP contribution in [-0.2, 0) is 0 Å². The monoisotopic (exact) mass is 101 g/mol. The Morgan fingerprint density at radius 2 is 1.57 bits per heavy atom. The normalized spacial score (nSPS) is 5.57. The van der Waals surface area contributed by atoms with E-state index in [-0.39, 0.29) is 0 Å². The molecule has 0 aliphatic carbocycles. The third-order valence-electron chi connectivity index (χ3n) is 0.577. The van der Waals surface area contributed by atoms with Gasteiger partial charge in [-0.15, -0.1) is 0 Å². The zero-order valence-corrected chi connectivity index (χ0v) is 4.99. The second-order valence-electron chi connectivity index (χ2n) is 1.37. The van der Waals surface area contributed by atoms with Crippen LogP contribution in [0.2, 0.25) is 0 Å². The Bertz CT molecular complexity index is 55.1. The van der Waals surface area contributed by atoms with E-state index in [9.17, 15) is 0 Å². The summed E-state index contributed by atoms with van der Waals surface area (Å²) in [6, 6.07) is 0. The Hall–Kier alpha value is -0.660. The third kappa shape index (κ3) is 33.2. The van der Waals surface area contributed by atoms with Gasteiger partial charge in [-0.3, -0.25) is 0 Å². The largest absolute Gasteiger partial charge is 0.154 e. The summed E-state index contributed by atoms with van der Waals surface area (Å²) in [7, 11) is 0. The van der Waals surface area contributed by atoms with E-state index in [1.165, 1.54) is 5.57 Å². The first-order valence-corrected chi connectivity index (χ1v) is 2.07. The van der Waals surface area contributed by atoms with Crippen LogP contribution in [0.4, 0.5) is 0 Å². The molecule has 0 rings (SSSR count). The van der Waals surface area contributed by atoms with E-state index in [1.54, 1.807) is 0 Å². The van der Waals surface area contributed by atoms with Gasteiger partial charge in [0, 0.05) is 0 Å². The van der Waals surface area contributed by atoms with E-state index in [1.807, 2.05) is 6.92 Å². The summed E-state index contributed by atoms with van der Waals surface area (Å²) in [5.41, 5.74) is 5.88. The molecule has 0 heterocycles. The van der Waals surface area contributed by atoms with Crippen LogP contribution < -0.4 is 0 Å². The standard InChI is InChI=1S/C5H10.HNO/c1-4-5(2)3;1-2/h4H,1-3H3;1H. The van der Waals surface area contributed by atoms with E-state index < -0.39 is 0 Å². The molecular weight excluding hydrogens is 90.1 g/mol. The smallest absolute Gasteiger partial charge is 0.0442 e. The lowest BCUT2D eigenvalue weighted by Crippen LogP contribution is -1.52. The first-order chi connectivity index (χ1) is 3.27. The van der Waals surface area contributed by atoms with Gasteiger partial charge in [0.05, 0.1) is 0 Å². The van der Waals surface area contributed by atoms with Crippen molar-refractivity contribution in [2.45, 2.75) is 20.8 Å². The quantitative estimate of drug-likeness (QED) is 0.369. The summed E-state index contributed by atoms with van der Waals surface area (Å²) in [5, 5.41) is 0. The van der Waals surface area contributed by atoms with E-state index in [0.29, 0.717) is 0 Å². The van der Waals surface area contributed by atoms with Gasteiger partial charge in [0.1, 0.15) is 0 Å². The number of nitroso groups, excluding NO2 is 1. The lowest BCUT2D eigenvalue weighted by Gasteiger charge is -1.74. The van der Waals surface area contributed by atoms with E-state index in [4.69, 9.17) is 4.91 Å². The van der Waals surface area contributed by atoms with E-state index >= 15 is 0 Å². The predicted octanol–water partition coefficient (Wildman–Crippen LogP) is 2.30. The average Bonchev–Trinajstić information content (AvgIpc) is 1.73. The molecule has 0 bridgehead atoms. The summed E-state index contributed by atoms with van der Waals surface area (Å²) in [5.74, 6) is 0. The van der Waals surface area contributed by atoms with Crippen molar-refractivity contribution < 1.29 is 0 Å². The number of allylic oxidation sites excluding steroid dienone is 2. The summed E-state index contributed by atoms with van der Waals surface area (Å²) >= 11 is 0. The number of hydrogen-bond acceptors (Lipinski definition) is 2. The maximum absolute atomic E-state index is 7.50. The van der Waals surface area contributed by atoms with Crippen LogP contribution in [0.5, 0.6) is 0 Å². The highest BCUT2D eigenvalue weighted by atomic mass is 16.2. The molecule has 0 amide bonds. The average molecular weight is 101 g/mol. The van der Waals surface area contributed by atoms with Gasteiger partial charge in [-0.05, 0) is 20.8 Å². The lowest BCUT2D eigenvalue weighted by molar-refractivity contribution is 1.36. The molecule has 0 aliphatic heterocycles. The van der Waals surface area contributed by atoms with Crippen LogP contribution in [-0.4, -0.2) is 0 Å². The van der Waals surface area contributed by atoms with Gasteiger partial charge in [-0.2, -0.15) is 4.91 Å². The fourth-order valence-corrected chi connectivity index (χ4v) is 0. The van der Waals surface area contributed by atoms with Crippen LogP contribution in [0.1, 0.15) is 20.8 Å². The summed E-state index contributed by atoms with van der Waals surface area (Å²) in [6.07, 6.45) is 2.08. The molecule has 1 N–H and O–H groups in total. The third-order valence-corrected chi connectivity index (χ3v) is 0.577. The molecule has 0 saturated heterocycles. The first-order valence-electron chi connectivity index (χ1n) is 2.07. The maximum atomic E-state index is 7.50. The van der Waals surface area contributed by atoms with E-state index in [0.717, 1.165) is 0 Å². The van der Waals surface area contributed by atoms with Gasteiger partial charge >= 0.3 is 0 Å². The molecule has 0 aromatic heterocycles. The highest BCUT2D eigenvalue weighted by Crippen LogP contribution is 1.82. The molecule has 0 aromatic rings. The SMILES string of the molecule is CC=C(C)C.N=O. The number of rotatable bonds is 0. The molecule has 0 saturated carbocycles. The first kappa shape index (κ1) is 9.60. The lowest BCUT2D eigenvalue weighted by atomic mass is 10.3. The molecule has 42 valence electrons. The Morgan fingerprint density at radius 3 is 1.57 bits per heavy atom. The highest BCUT2D eigenvalue weighted by Gasteiger charge is 1.60. The van der Waals surface area contributed by atoms with Crippen molar-refractivity contribution in [1.82, 2.24) is 0 Å². The second-order valence-corrected chi connectivity index (χ2v) is 1.37. The molecule has 2 heteroatoms. The summed E-state index contributed by atoms with van der Waals surface area (Å²) in [6.45, 7) is 6.20. The molecule has 0 unspecified atom stereocenters. The van der Waals surface area contributed by atoms with Gasteiger partial charge in [0.25, 0.3) is 0 Å². The van der Waals surface area contributed by atoms with Crippen LogP contribution >= 0.6 is 0 Å². The number of nitrogens with one attached hydrogen (secondary N) is 1. The van der Waals surface area contributed by atoms with E-state index in [2.05, 4.69) is 25.5 Å². The molecule has 0 aromatic carbocycles. The molecule has 0 aliphatic rings. The summed E-state index contributed by atoms with van der Waals surface area (Å²) < 4.78 is 0. The zero-order valence-electron chi connectivity index (χ0n) is 4.99. The highest BCUT2D eigenvalue weighted by molar-refractivity contribution is 4.88. The topological polar surface area (TPSA) is 40.9 Å². The van der Waals surface area contributed by atoms with Gasteiger partial charge in [-0.25, -0.2) is 0 Å². The molecular formula is C5H11NO. The molecule has 0 spiro atoms. The van der Waals surface area contributed by atoms with Crippen molar-refractivity contribution in [3.05, 3.63) is 16.6 Å². The minimum absolute atomic E-state index is 1.38. The minimum Gasteiger partial charge on any atom is -0.154 e. The Morgan fingerprint density at radius 1 is 1.43 bits per heavy atom. The predicted molar refractivity (Wildman–Crippen MR) is 31.2 cm³/mol. The molecule has 7 heavy (non-hydrogen) atoms. The van der Waals surface area contributed by atoms with Gasteiger partial charge < -0.3 is 0 Å². The minimum atomic E-state index is 1.38. The molecule has 2 nitrogen and oxygen atoms in total. The maximum Gasteiger partial charge on any atom is -0.0442 e. The Labute approximate surface area is 44.0 Å². The van der Waals surface area contributed by atoms with Crippen LogP contribution in [0.3, 0.4) is 0 Å². The fraction of sp³-hybridized carbons (Fsp3) is 0.600. The molecule has 0 fully saturated rings. The summed E-state index contributed by atoms with van der Waals surface area (Å²) in [4.78, 5) is 7.50. The van der Waals surface area contributed by atoms with Crippen LogP contribution in [0, 0.1) is 10.5 Å². The molecule has 0 radical (unpaired) electrons. The van der Waals surface area contributed by atoms with Gasteiger partial charge in [-0.1, -0.05) is 17.2 Å². The van der Waals surface area contributed by atoms with Crippen molar-refractivity contribution >= 4 is 0 Å². The second kappa shape index (κ2) is 9.02. The van der Waals surface area contributed by atoms with Crippen molar-refractivity contribution in [2.75, 3.05) is 0 Å². The van der Waals surface area contributed by atoms with Crippen molar-refractivity contribution in [2.24, 2.45) is 0 Å². The van der Waals surface area contributed by atoms with Gasteiger partial charge in [0.2, 0.25) is 0 Å².